The number of piperidine rings is 1. The molecule has 0 atom stereocenters. The number of pyridine rings is 1. The largest absolute Gasteiger partial charge is 0.354 e. The van der Waals surface area contributed by atoms with E-state index >= 15 is 0 Å². The van der Waals surface area contributed by atoms with Crippen LogP contribution in [0.3, 0.4) is 0 Å². The summed E-state index contributed by atoms with van der Waals surface area (Å²) >= 11 is 0. The standard InChI is InChI=1S/C23H25N3O3/c27-21(24-13-12-22(28)25-14-6-1-7-15-25)16-26-19-10-4-2-8-17(19)23(29)18-9-3-5-11-20(18)26/h2-5,8-11H,1,6-7,12-16H2,(H,24,27). The van der Waals surface area contributed by atoms with Gasteiger partial charge in [-0.05, 0) is 43.5 Å². The Morgan fingerprint density at radius 1 is 0.862 bits per heavy atom. The molecule has 0 saturated carbocycles. The topological polar surface area (TPSA) is 71.4 Å². The van der Waals surface area contributed by atoms with Gasteiger partial charge in [0.05, 0.1) is 11.0 Å². The van der Waals surface area contributed by atoms with Gasteiger partial charge in [0.2, 0.25) is 11.8 Å². The number of fused-ring (bicyclic) bond motifs is 2. The zero-order chi connectivity index (χ0) is 20.2. The Morgan fingerprint density at radius 2 is 1.45 bits per heavy atom. The van der Waals surface area contributed by atoms with E-state index in [1.807, 2.05) is 45.9 Å². The summed E-state index contributed by atoms with van der Waals surface area (Å²) in [6.45, 7) is 2.06. The molecule has 3 aromatic rings. The molecule has 0 unspecified atom stereocenters. The Bertz CT molecular complexity index is 1050. The fraction of sp³-hybridized carbons (Fsp3) is 0.348. The molecular formula is C23H25N3O3. The van der Waals surface area contributed by atoms with Crippen molar-refractivity contribution >= 4 is 33.6 Å². The first-order valence-corrected chi connectivity index (χ1v) is 10.2. The highest BCUT2D eigenvalue weighted by molar-refractivity contribution is 5.94. The normalized spacial score (nSPS) is 14.3. The highest BCUT2D eigenvalue weighted by Crippen LogP contribution is 2.19. The molecule has 0 spiro atoms. The highest BCUT2D eigenvalue weighted by atomic mass is 16.2. The Balaban J connectivity index is 1.50. The molecule has 4 rings (SSSR count). The number of para-hydroxylation sites is 2. The average Bonchev–Trinajstić information content (AvgIpc) is 2.77. The lowest BCUT2D eigenvalue weighted by atomic mass is 10.1. The van der Waals surface area contributed by atoms with Gasteiger partial charge in [0, 0.05) is 36.8 Å². The van der Waals surface area contributed by atoms with E-state index in [1.165, 1.54) is 6.42 Å². The van der Waals surface area contributed by atoms with Gasteiger partial charge in [0.25, 0.3) is 0 Å². The number of hydrogen-bond acceptors (Lipinski definition) is 3. The van der Waals surface area contributed by atoms with Gasteiger partial charge in [-0.3, -0.25) is 14.4 Å². The van der Waals surface area contributed by atoms with Crippen LogP contribution in [0.5, 0.6) is 0 Å². The Kier molecular flexibility index (Phi) is 5.60. The summed E-state index contributed by atoms with van der Waals surface area (Å²) in [5.41, 5.74) is 1.44. The number of amides is 2. The molecule has 2 heterocycles. The molecule has 2 aromatic carbocycles. The van der Waals surface area contributed by atoms with Crippen LogP contribution >= 0.6 is 0 Å². The average molecular weight is 391 g/mol. The minimum Gasteiger partial charge on any atom is -0.354 e. The lowest BCUT2D eigenvalue weighted by Crippen LogP contribution is -2.38. The van der Waals surface area contributed by atoms with Crippen LogP contribution in [-0.4, -0.2) is 40.9 Å². The first kappa shape index (κ1) is 19.2. The summed E-state index contributed by atoms with van der Waals surface area (Å²) in [5, 5.41) is 4.05. The number of carbonyl (C=O) groups is 2. The van der Waals surface area contributed by atoms with Gasteiger partial charge in [0.15, 0.2) is 5.43 Å². The summed E-state index contributed by atoms with van der Waals surface area (Å²) < 4.78 is 1.87. The second-order valence-corrected chi connectivity index (χ2v) is 7.49. The Labute approximate surface area is 169 Å². The molecule has 2 amide bonds. The van der Waals surface area contributed by atoms with Gasteiger partial charge in [-0.2, -0.15) is 0 Å². The van der Waals surface area contributed by atoms with Crippen molar-refractivity contribution in [3.63, 3.8) is 0 Å². The van der Waals surface area contributed by atoms with E-state index < -0.39 is 0 Å². The molecule has 0 bridgehead atoms. The van der Waals surface area contributed by atoms with Crippen molar-refractivity contribution in [1.29, 1.82) is 0 Å². The number of hydrogen-bond donors (Lipinski definition) is 1. The van der Waals surface area contributed by atoms with Crippen LogP contribution in [0.25, 0.3) is 21.8 Å². The number of nitrogens with one attached hydrogen (secondary N) is 1. The fourth-order valence-corrected chi connectivity index (χ4v) is 4.06. The Morgan fingerprint density at radius 3 is 2.07 bits per heavy atom. The first-order chi connectivity index (χ1) is 14.1. The van der Waals surface area contributed by atoms with Crippen LogP contribution in [0, 0.1) is 0 Å². The van der Waals surface area contributed by atoms with Crippen LogP contribution in [0.4, 0.5) is 0 Å². The van der Waals surface area contributed by atoms with Gasteiger partial charge in [-0.1, -0.05) is 24.3 Å². The Hall–Kier alpha value is -3.15. The van der Waals surface area contributed by atoms with Crippen LogP contribution in [-0.2, 0) is 16.1 Å². The molecule has 6 nitrogen and oxygen atoms in total. The predicted molar refractivity (Wildman–Crippen MR) is 114 cm³/mol. The number of rotatable bonds is 5. The monoisotopic (exact) mass is 391 g/mol. The SMILES string of the molecule is O=C(Cn1c2ccccc2c(=O)c2ccccc21)NCCC(=O)N1CCCCC1. The summed E-state index contributed by atoms with van der Waals surface area (Å²) in [6.07, 6.45) is 3.62. The predicted octanol–water partition coefficient (Wildman–Crippen LogP) is 2.67. The van der Waals surface area contributed by atoms with Crippen molar-refractivity contribution in [2.75, 3.05) is 19.6 Å². The van der Waals surface area contributed by atoms with Gasteiger partial charge in [-0.25, -0.2) is 0 Å². The second kappa shape index (κ2) is 8.47. The van der Waals surface area contributed by atoms with E-state index in [1.54, 1.807) is 12.1 Å². The number of aromatic nitrogens is 1. The van der Waals surface area contributed by atoms with Crippen molar-refractivity contribution in [2.45, 2.75) is 32.2 Å². The molecule has 1 N–H and O–H groups in total. The molecule has 6 heteroatoms. The molecule has 1 saturated heterocycles. The molecule has 29 heavy (non-hydrogen) atoms. The first-order valence-electron chi connectivity index (χ1n) is 10.2. The van der Waals surface area contributed by atoms with Crippen LogP contribution in [0.15, 0.2) is 53.3 Å². The third kappa shape index (κ3) is 4.01. The van der Waals surface area contributed by atoms with Crippen molar-refractivity contribution in [3.05, 3.63) is 58.8 Å². The zero-order valence-corrected chi connectivity index (χ0v) is 16.4. The molecule has 0 radical (unpaired) electrons. The number of likely N-dealkylation sites (tertiary alicyclic amines) is 1. The molecule has 1 aromatic heterocycles. The minimum atomic E-state index is -0.171. The van der Waals surface area contributed by atoms with E-state index in [9.17, 15) is 14.4 Å². The van der Waals surface area contributed by atoms with Crippen LogP contribution in [0.1, 0.15) is 25.7 Å². The van der Waals surface area contributed by atoms with Gasteiger partial charge < -0.3 is 14.8 Å². The molecule has 1 fully saturated rings. The summed E-state index contributed by atoms with van der Waals surface area (Å²) in [4.78, 5) is 39.5. The summed E-state index contributed by atoms with van der Waals surface area (Å²) in [5.74, 6) is -0.0698. The summed E-state index contributed by atoms with van der Waals surface area (Å²) in [6, 6.07) is 14.7. The third-order valence-electron chi connectivity index (χ3n) is 5.55. The molecular weight excluding hydrogens is 366 g/mol. The van der Waals surface area contributed by atoms with E-state index in [2.05, 4.69) is 5.32 Å². The van der Waals surface area contributed by atoms with Crippen LogP contribution < -0.4 is 10.7 Å². The van der Waals surface area contributed by atoms with Gasteiger partial charge in [0.1, 0.15) is 6.54 Å². The van der Waals surface area contributed by atoms with E-state index in [4.69, 9.17) is 0 Å². The number of nitrogens with zero attached hydrogens (tertiary/aromatic N) is 2. The third-order valence-corrected chi connectivity index (χ3v) is 5.55. The van der Waals surface area contributed by atoms with Crippen LogP contribution in [0.2, 0.25) is 0 Å². The lowest BCUT2D eigenvalue weighted by molar-refractivity contribution is -0.132. The molecule has 0 aliphatic carbocycles. The maximum absolute atomic E-state index is 12.8. The highest BCUT2D eigenvalue weighted by Gasteiger charge is 2.17. The maximum Gasteiger partial charge on any atom is 0.239 e. The van der Waals surface area contributed by atoms with Crippen molar-refractivity contribution in [1.82, 2.24) is 14.8 Å². The lowest BCUT2D eigenvalue weighted by Gasteiger charge is -2.26. The minimum absolute atomic E-state index is 0.0278. The van der Waals surface area contributed by atoms with Gasteiger partial charge in [-0.15, -0.1) is 0 Å². The number of benzene rings is 2. The maximum atomic E-state index is 12.8. The molecule has 1 aliphatic heterocycles. The zero-order valence-electron chi connectivity index (χ0n) is 16.4. The molecule has 150 valence electrons. The van der Waals surface area contributed by atoms with Crippen molar-refractivity contribution in [3.8, 4) is 0 Å². The fourth-order valence-electron chi connectivity index (χ4n) is 4.06. The summed E-state index contributed by atoms with van der Waals surface area (Å²) in [7, 11) is 0. The van der Waals surface area contributed by atoms with E-state index in [-0.39, 0.29) is 23.8 Å². The van der Waals surface area contributed by atoms with E-state index in [0.29, 0.717) is 23.7 Å². The van der Waals surface area contributed by atoms with E-state index in [0.717, 1.165) is 37.0 Å². The smallest absolute Gasteiger partial charge is 0.239 e. The van der Waals surface area contributed by atoms with Crippen molar-refractivity contribution in [2.24, 2.45) is 0 Å². The second-order valence-electron chi connectivity index (χ2n) is 7.49. The molecule has 1 aliphatic rings. The number of carbonyl (C=O) groups excluding carboxylic acids is 2. The quantitative estimate of drug-likeness (QED) is 0.680. The van der Waals surface area contributed by atoms with Crippen molar-refractivity contribution < 1.29 is 9.59 Å². The van der Waals surface area contributed by atoms with Gasteiger partial charge >= 0.3 is 0 Å².